The fourth-order valence-electron chi connectivity index (χ4n) is 5.71. The fourth-order valence-corrected chi connectivity index (χ4v) is 5.71. The Labute approximate surface area is 328 Å². The van der Waals surface area contributed by atoms with Crippen LogP contribution in [0.15, 0.2) is 60.7 Å². The summed E-state index contributed by atoms with van der Waals surface area (Å²) in [6.45, 7) is 0.827. The molecule has 15 nitrogen and oxygen atoms in total. The zero-order valence-electron chi connectivity index (χ0n) is 31.5. The Morgan fingerprint density at radius 3 is 1.81 bits per heavy atom. The molecule has 0 spiro atoms. The maximum Gasteiger partial charge on any atom is 0.490 e. The number of hydrogen-bond acceptors (Lipinski definition) is 11. The maximum absolute atomic E-state index is 13.8. The van der Waals surface area contributed by atoms with Crippen LogP contribution in [0.5, 0.6) is 0 Å². The monoisotopic (exact) mass is 811 g/mol. The summed E-state index contributed by atoms with van der Waals surface area (Å²) in [5.41, 5.74) is 19.6. The number of nitrogens with two attached hydrogens (primary N) is 3. The van der Waals surface area contributed by atoms with Crippen LogP contribution in [-0.4, -0.2) is 103 Å². The number of esters is 2. The minimum atomic E-state index is -5.08. The highest BCUT2D eigenvalue weighted by atomic mass is 19.4. The fraction of sp³-hybridized carbons (Fsp3) is 0.526. The van der Waals surface area contributed by atoms with Gasteiger partial charge in [0.25, 0.3) is 0 Å². The van der Waals surface area contributed by atoms with E-state index in [1.54, 1.807) is 24.3 Å². The molecule has 3 amide bonds. The molecule has 0 saturated carbocycles. The number of unbranched alkanes of at least 4 members (excludes halogenated alkanes) is 1. The number of carboxylic acid groups (broad SMARTS) is 1. The summed E-state index contributed by atoms with van der Waals surface area (Å²) in [7, 11) is 0. The van der Waals surface area contributed by atoms with E-state index < -0.39 is 84.6 Å². The molecule has 0 bridgehead atoms. The topological polar surface area (TPSA) is 258 Å². The van der Waals surface area contributed by atoms with Crippen molar-refractivity contribution in [3.8, 4) is 0 Å². The van der Waals surface area contributed by atoms with E-state index in [0.717, 1.165) is 11.1 Å². The van der Waals surface area contributed by atoms with Crippen LogP contribution in [-0.2, 0) is 46.3 Å². The van der Waals surface area contributed by atoms with E-state index in [0.29, 0.717) is 32.4 Å². The Morgan fingerprint density at radius 1 is 0.772 bits per heavy atom. The molecule has 19 heteroatoms. The third-order valence-corrected chi connectivity index (χ3v) is 8.85. The van der Waals surface area contributed by atoms with Gasteiger partial charge in [0.2, 0.25) is 17.7 Å². The molecule has 2 aromatic carbocycles. The third-order valence-electron chi connectivity index (χ3n) is 8.85. The van der Waals surface area contributed by atoms with Crippen molar-refractivity contribution in [2.24, 2.45) is 23.1 Å². The highest BCUT2D eigenvalue weighted by Crippen LogP contribution is 2.16. The minimum absolute atomic E-state index is 0.0334. The molecule has 0 aromatic heterocycles. The first-order valence-corrected chi connectivity index (χ1v) is 18.6. The Kier molecular flexibility index (Phi) is 21.4. The number of amides is 3. The summed E-state index contributed by atoms with van der Waals surface area (Å²) in [5.74, 6) is -6.84. The molecule has 316 valence electrons. The third kappa shape index (κ3) is 18.7. The summed E-state index contributed by atoms with van der Waals surface area (Å²) >= 11 is 0. The number of carboxylic acids is 1. The van der Waals surface area contributed by atoms with E-state index in [1.807, 2.05) is 36.4 Å². The van der Waals surface area contributed by atoms with Crippen molar-refractivity contribution < 1.29 is 56.2 Å². The number of benzene rings is 2. The molecule has 1 aliphatic rings. The van der Waals surface area contributed by atoms with Crippen molar-refractivity contribution in [3.05, 3.63) is 71.8 Å². The first-order valence-electron chi connectivity index (χ1n) is 18.6. The lowest BCUT2D eigenvalue weighted by molar-refractivity contribution is -0.192. The normalized spacial score (nSPS) is 15.6. The summed E-state index contributed by atoms with van der Waals surface area (Å²) in [6, 6.07) is 13.0. The van der Waals surface area contributed by atoms with E-state index in [-0.39, 0.29) is 45.1 Å². The molecule has 1 saturated heterocycles. The van der Waals surface area contributed by atoms with Crippen LogP contribution < -0.4 is 38.5 Å². The highest BCUT2D eigenvalue weighted by molar-refractivity contribution is 5.96. The SMILES string of the molecule is NCCC(N)C[C@@H](NC(=O)C(CCCCF)NC(=O)[C@@H](Cc1ccccc1)NC(=O)[C@H](N)Cc1ccccc1)C(=O)OC(=O)C1CCNCC1.O=C(O)C(F)(F)F. The number of nitrogens with one attached hydrogen (secondary N) is 4. The van der Waals surface area contributed by atoms with Crippen LogP contribution in [0, 0.1) is 5.92 Å². The lowest BCUT2D eigenvalue weighted by Gasteiger charge is -2.27. The van der Waals surface area contributed by atoms with E-state index in [9.17, 15) is 41.5 Å². The first kappa shape index (κ1) is 48.2. The number of aliphatic carboxylic acids is 1. The van der Waals surface area contributed by atoms with Gasteiger partial charge < -0.3 is 48.3 Å². The summed E-state index contributed by atoms with van der Waals surface area (Å²) < 4.78 is 50.0. The number of carbonyl (C=O) groups excluding carboxylic acids is 5. The molecule has 0 radical (unpaired) electrons. The number of halogens is 4. The van der Waals surface area contributed by atoms with Crippen LogP contribution >= 0.6 is 0 Å². The van der Waals surface area contributed by atoms with Gasteiger partial charge in [-0.3, -0.25) is 23.6 Å². The van der Waals surface area contributed by atoms with Crippen molar-refractivity contribution >= 4 is 35.6 Å². The lowest BCUT2D eigenvalue weighted by Crippen LogP contribution is -2.58. The maximum atomic E-state index is 13.8. The Morgan fingerprint density at radius 2 is 1.28 bits per heavy atom. The largest absolute Gasteiger partial charge is 0.490 e. The van der Waals surface area contributed by atoms with Crippen molar-refractivity contribution in [3.63, 3.8) is 0 Å². The van der Waals surface area contributed by atoms with Gasteiger partial charge in [0.05, 0.1) is 18.6 Å². The van der Waals surface area contributed by atoms with Gasteiger partial charge in [0.1, 0.15) is 18.1 Å². The quantitative estimate of drug-likeness (QED) is 0.0406. The Balaban J connectivity index is 0.00000146. The zero-order valence-corrected chi connectivity index (χ0v) is 31.5. The van der Waals surface area contributed by atoms with E-state index in [1.165, 1.54) is 0 Å². The molecular weight excluding hydrogens is 758 g/mol. The molecule has 3 rings (SSSR count). The molecule has 0 aliphatic carbocycles. The van der Waals surface area contributed by atoms with Gasteiger partial charge in [-0.2, -0.15) is 13.2 Å². The molecular formula is C38H53F4N7O8. The lowest BCUT2D eigenvalue weighted by atomic mass is 9.98. The number of hydrogen-bond donors (Lipinski definition) is 8. The standard InChI is InChI=1S/C36H52FN7O6.C2HF3O2/c37-17-8-7-13-29(33(46)44-31(23-27(39)14-18-38)36(49)50-35(48)26-15-19-41-20-16-26)42-34(47)30(22-25-11-5-2-6-12-25)43-32(45)28(40)21-24-9-3-1-4-10-24;3-2(4,5)1(6)7/h1-6,9-12,26-31,41H,7-8,13-23,38-40H2,(H,42,47)(H,43,45)(H,44,46);(H,6,7)/t27?,28-,29?,30-,31-;/m1./s1. The van der Waals surface area contributed by atoms with Crippen LogP contribution in [0.3, 0.4) is 0 Å². The van der Waals surface area contributed by atoms with Crippen molar-refractivity contribution in [2.75, 3.05) is 26.3 Å². The van der Waals surface area contributed by atoms with E-state index >= 15 is 0 Å². The smallest absolute Gasteiger partial charge is 0.475 e. The number of ether oxygens (including phenoxy) is 1. The number of piperidine rings is 1. The molecule has 57 heavy (non-hydrogen) atoms. The van der Waals surface area contributed by atoms with Gasteiger partial charge in [-0.25, -0.2) is 9.59 Å². The zero-order chi connectivity index (χ0) is 42.4. The van der Waals surface area contributed by atoms with Gasteiger partial charge in [-0.15, -0.1) is 0 Å². The van der Waals surface area contributed by atoms with E-state index in [2.05, 4.69) is 21.3 Å². The minimum Gasteiger partial charge on any atom is -0.475 e. The predicted octanol–water partition coefficient (Wildman–Crippen LogP) is 1.16. The first-order chi connectivity index (χ1) is 27.0. The van der Waals surface area contributed by atoms with E-state index in [4.69, 9.17) is 31.8 Å². The van der Waals surface area contributed by atoms with Crippen LogP contribution in [0.2, 0.25) is 0 Å². The van der Waals surface area contributed by atoms with Crippen LogP contribution in [0.1, 0.15) is 56.1 Å². The summed E-state index contributed by atoms with van der Waals surface area (Å²) in [4.78, 5) is 75.7. The second-order valence-electron chi connectivity index (χ2n) is 13.5. The molecule has 5 atom stereocenters. The van der Waals surface area contributed by atoms with Crippen molar-refractivity contribution in [2.45, 2.75) is 94.2 Å². The summed E-state index contributed by atoms with van der Waals surface area (Å²) in [5, 5.41) is 18.3. The van der Waals surface area contributed by atoms with Gasteiger partial charge in [0.15, 0.2) is 0 Å². The number of rotatable bonds is 20. The predicted molar refractivity (Wildman–Crippen MR) is 201 cm³/mol. The Bertz CT molecular complexity index is 1570. The molecule has 2 unspecified atom stereocenters. The number of carbonyl (C=O) groups is 6. The molecule has 1 heterocycles. The molecule has 1 fully saturated rings. The second-order valence-corrected chi connectivity index (χ2v) is 13.5. The van der Waals surface area contributed by atoms with Gasteiger partial charge in [-0.05, 0) is 82.1 Å². The molecule has 2 aromatic rings. The second kappa shape index (κ2) is 25.3. The van der Waals surface area contributed by atoms with Crippen molar-refractivity contribution in [1.82, 2.24) is 21.3 Å². The van der Waals surface area contributed by atoms with Gasteiger partial charge in [-0.1, -0.05) is 60.7 Å². The average molecular weight is 812 g/mol. The highest BCUT2D eigenvalue weighted by Gasteiger charge is 2.38. The average Bonchev–Trinajstić information content (AvgIpc) is 3.18. The molecule has 11 N–H and O–H groups in total. The van der Waals surface area contributed by atoms with Crippen LogP contribution in [0.25, 0.3) is 0 Å². The van der Waals surface area contributed by atoms with Gasteiger partial charge >= 0.3 is 24.1 Å². The summed E-state index contributed by atoms with van der Waals surface area (Å²) in [6.07, 6.45) is -3.05. The van der Waals surface area contributed by atoms with Crippen molar-refractivity contribution in [1.29, 1.82) is 0 Å². The molecule has 1 aliphatic heterocycles. The van der Waals surface area contributed by atoms with Crippen LogP contribution in [0.4, 0.5) is 17.6 Å². The Hall–Kier alpha value is -4.98. The van der Waals surface area contributed by atoms with Gasteiger partial charge in [0, 0.05) is 12.5 Å². The number of alkyl halides is 4.